The van der Waals surface area contributed by atoms with E-state index in [1.54, 1.807) is 0 Å². The van der Waals surface area contributed by atoms with Gasteiger partial charge in [-0.1, -0.05) is 13.3 Å². The summed E-state index contributed by atoms with van der Waals surface area (Å²) in [5.41, 5.74) is -0.576. The van der Waals surface area contributed by atoms with E-state index in [4.69, 9.17) is 9.84 Å². The second-order valence-corrected chi connectivity index (χ2v) is 4.07. The van der Waals surface area contributed by atoms with Gasteiger partial charge in [0.05, 0.1) is 12.7 Å². The van der Waals surface area contributed by atoms with E-state index in [0.717, 1.165) is 19.3 Å². The zero-order valence-electron chi connectivity index (χ0n) is 8.83. The first-order chi connectivity index (χ1) is 6.75. The zero-order chi connectivity index (χ0) is 10.4. The first-order valence-corrected chi connectivity index (χ1v) is 5.41. The molecule has 0 aromatic carbocycles. The fourth-order valence-electron chi connectivity index (χ4n) is 2.05. The van der Waals surface area contributed by atoms with Crippen molar-refractivity contribution >= 4 is 0 Å². The van der Waals surface area contributed by atoms with Gasteiger partial charge in [-0.15, -0.1) is 0 Å². The average Bonchev–Trinajstić information content (AvgIpc) is 2.21. The lowest BCUT2D eigenvalue weighted by Gasteiger charge is -2.36. The number of aliphatic hydroxyl groups excluding tert-OH is 1. The summed E-state index contributed by atoms with van der Waals surface area (Å²) in [5, 5.41) is 17.8. The Morgan fingerprint density at radius 1 is 1.57 bits per heavy atom. The van der Waals surface area contributed by atoms with Crippen LogP contribution in [0.1, 0.15) is 39.0 Å². The Hall–Kier alpha value is -0.590. The van der Waals surface area contributed by atoms with E-state index < -0.39 is 5.60 Å². The van der Waals surface area contributed by atoms with E-state index in [9.17, 15) is 5.26 Å². The molecule has 1 aliphatic carbocycles. The Morgan fingerprint density at radius 2 is 2.36 bits per heavy atom. The largest absolute Gasteiger partial charge is 0.396 e. The first kappa shape index (κ1) is 11.5. The van der Waals surface area contributed by atoms with Crippen LogP contribution in [0.25, 0.3) is 0 Å². The van der Waals surface area contributed by atoms with Crippen molar-refractivity contribution in [1.29, 1.82) is 5.26 Å². The fraction of sp³-hybridized carbons (Fsp3) is 0.909. The zero-order valence-corrected chi connectivity index (χ0v) is 8.83. The maximum absolute atomic E-state index is 9.17. The summed E-state index contributed by atoms with van der Waals surface area (Å²) in [6.45, 7) is 2.71. The van der Waals surface area contributed by atoms with Gasteiger partial charge >= 0.3 is 0 Å². The maximum Gasteiger partial charge on any atom is 0.156 e. The van der Waals surface area contributed by atoms with Crippen LogP contribution in [0.15, 0.2) is 0 Å². The predicted molar refractivity (Wildman–Crippen MR) is 53.6 cm³/mol. The first-order valence-electron chi connectivity index (χ1n) is 5.41. The number of nitrogens with zero attached hydrogens (tertiary/aromatic N) is 1. The molecule has 2 unspecified atom stereocenters. The van der Waals surface area contributed by atoms with Gasteiger partial charge in [0.25, 0.3) is 0 Å². The van der Waals surface area contributed by atoms with Crippen LogP contribution < -0.4 is 0 Å². The molecule has 3 nitrogen and oxygen atoms in total. The van der Waals surface area contributed by atoms with Crippen LogP contribution in [0.3, 0.4) is 0 Å². The van der Waals surface area contributed by atoms with Crippen LogP contribution in [-0.4, -0.2) is 23.9 Å². The molecule has 0 aromatic rings. The van der Waals surface area contributed by atoms with Gasteiger partial charge in [0.2, 0.25) is 0 Å². The van der Waals surface area contributed by atoms with Crippen molar-refractivity contribution in [2.45, 2.75) is 44.6 Å². The molecule has 1 fully saturated rings. The molecule has 1 aliphatic rings. The number of hydrogen-bond donors (Lipinski definition) is 1. The molecular formula is C11H19NO2. The normalized spacial score (nSPS) is 32.5. The highest BCUT2D eigenvalue weighted by Gasteiger charge is 2.39. The second-order valence-electron chi connectivity index (χ2n) is 4.07. The van der Waals surface area contributed by atoms with Gasteiger partial charge in [0.1, 0.15) is 0 Å². The Balaban J connectivity index is 2.51. The molecule has 0 aromatic heterocycles. The molecule has 0 saturated heterocycles. The topological polar surface area (TPSA) is 53.2 Å². The highest BCUT2D eigenvalue weighted by atomic mass is 16.5. The molecule has 1 saturated carbocycles. The van der Waals surface area contributed by atoms with Gasteiger partial charge in [-0.05, 0) is 31.6 Å². The maximum atomic E-state index is 9.17. The Labute approximate surface area is 85.7 Å². The van der Waals surface area contributed by atoms with Gasteiger partial charge in [-0.2, -0.15) is 5.26 Å². The smallest absolute Gasteiger partial charge is 0.156 e. The summed E-state index contributed by atoms with van der Waals surface area (Å²) < 4.78 is 5.65. The van der Waals surface area contributed by atoms with E-state index >= 15 is 0 Å². The third-order valence-corrected chi connectivity index (χ3v) is 3.08. The fourth-order valence-corrected chi connectivity index (χ4v) is 2.05. The summed E-state index contributed by atoms with van der Waals surface area (Å²) in [5.74, 6) is 0.319. The quantitative estimate of drug-likeness (QED) is 0.700. The summed E-state index contributed by atoms with van der Waals surface area (Å²) in [6.07, 6.45) is 4.82. The molecule has 0 amide bonds. The second kappa shape index (κ2) is 5.33. The van der Waals surface area contributed by atoms with Gasteiger partial charge in [0.15, 0.2) is 5.60 Å². The van der Waals surface area contributed by atoms with Gasteiger partial charge < -0.3 is 9.84 Å². The number of nitriles is 1. The van der Waals surface area contributed by atoms with Gasteiger partial charge in [-0.3, -0.25) is 0 Å². The predicted octanol–water partition coefficient (Wildman–Crippen LogP) is 1.86. The highest BCUT2D eigenvalue weighted by Crippen LogP contribution is 2.36. The van der Waals surface area contributed by atoms with Crippen LogP contribution >= 0.6 is 0 Å². The van der Waals surface area contributed by atoms with E-state index in [0.29, 0.717) is 18.9 Å². The molecule has 2 atom stereocenters. The van der Waals surface area contributed by atoms with Crippen molar-refractivity contribution < 1.29 is 9.84 Å². The van der Waals surface area contributed by atoms with E-state index in [-0.39, 0.29) is 6.61 Å². The van der Waals surface area contributed by atoms with Crippen LogP contribution in [0.4, 0.5) is 0 Å². The number of ether oxygens (including phenoxy) is 1. The SMILES string of the molecule is CC1CCCCC1(C#N)OCCCO. The molecule has 3 heteroatoms. The molecule has 1 rings (SSSR count). The molecule has 0 heterocycles. The van der Waals surface area contributed by atoms with E-state index in [2.05, 4.69) is 13.0 Å². The van der Waals surface area contributed by atoms with Crippen molar-refractivity contribution in [3.05, 3.63) is 0 Å². The van der Waals surface area contributed by atoms with Crippen LogP contribution in [0.2, 0.25) is 0 Å². The van der Waals surface area contributed by atoms with E-state index in [1.165, 1.54) is 6.42 Å². The molecule has 0 spiro atoms. The van der Waals surface area contributed by atoms with Crippen molar-refractivity contribution in [2.24, 2.45) is 5.92 Å². The minimum absolute atomic E-state index is 0.135. The molecule has 0 bridgehead atoms. The minimum Gasteiger partial charge on any atom is -0.396 e. The van der Waals surface area contributed by atoms with Crippen molar-refractivity contribution in [1.82, 2.24) is 0 Å². The van der Waals surface area contributed by atoms with E-state index in [1.807, 2.05) is 0 Å². The lowest BCUT2D eigenvalue weighted by Crippen LogP contribution is -2.41. The van der Waals surface area contributed by atoms with Crippen molar-refractivity contribution in [3.63, 3.8) is 0 Å². The van der Waals surface area contributed by atoms with Crippen molar-refractivity contribution in [2.75, 3.05) is 13.2 Å². The Morgan fingerprint density at radius 3 is 2.93 bits per heavy atom. The molecule has 80 valence electrons. The Bertz CT molecular complexity index is 212. The Kier molecular flexibility index (Phi) is 4.37. The summed E-state index contributed by atoms with van der Waals surface area (Å²) >= 11 is 0. The number of aliphatic hydroxyl groups is 1. The third-order valence-electron chi connectivity index (χ3n) is 3.08. The average molecular weight is 197 g/mol. The summed E-state index contributed by atoms with van der Waals surface area (Å²) in [4.78, 5) is 0. The van der Waals surface area contributed by atoms with Crippen molar-refractivity contribution in [3.8, 4) is 6.07 Å². The summed E-state index contributed by atoms with van der Waals surface area (Å²) in [6, 6.07) is 2.32. The third kappa shape index (κ3) is 2.46. The highest BCUT2D eigenvalue weighted by molar-refractivity contribution is 5.06. The van der Waals surface area contributed by atoms with Crippen LogP contribution in [0, 0.1) is 17.2 Å². The standard InChI is InChI=1S/C11H19NO2/c1-10-5-2-3-6-11(10,9-12)14-8-4-7-13/h10,13H,2-8H2,1H3. The van der Waals surface area contributed by atoms with Crippen LogP contribution in [-0.2, 0) is 4.74 Å². The lowest BCUT2D eigenvalue weighted by molar-refractivity contribution is -0.0648. The molecular weight excluding hydrogens is 178 g/mol. The monoisotopic (exact) mass is 197 g/mol. The number of rotatable bonds is 4. The van der Waals surface area contributed by atoms with Gasteiger partial charge in [0, 0.05) is 6.61 Å². The molecule has 0 aliphatic heterocycles. The molecule has 0 radical (unpaired) electrons. The molecule has 14 heavy (non-hydrogen) atoms. The van der Waals surface area contributed by atoms with Crippen LogP contribution in [0.5, 0.6) is 0 Å². The lowest BCUT2D eigenvalue weighted by atomic mass is 9.77. The molecule has 1 N–H and O–H groups in total. The summed E-state index contributed by atoms with van der Waals surface area (Å²) in [7, 11) is 0. The van der Waals surface area contributed by atoms with Gasteiger partial charge in [-0.25, -0.2) is 0 Å². The number of hydrogen-bond acceptors (Lipinski definition) is 3. The minimum atomic E-state index is -0.576.